The molecule has 1 heterocycles. The number of amides is 2. The van der Waals surface area contributed by atoms with E-state index in [2.05, 4.69) is 0 Å². The van der Waals surface area contributed by atoms with Crippen molar-refractivity contribution in [2.24, 2.45) is 0 Å². The summed E-state index contributed by atoms with van der Waals surface area (Å²) in [4.78, 5) is 25.8. The maximum atomic E-state index is 12.4. The Labute approximate surface area is 130 Å². The molecular formula is C17H15NO2Se. The van der Waals surface area contributed by atoms with Crippen molar-refractivity contribution in [3.8, 4) is 0 Å². The van der Waals surface area contributed by atoms with E-state index >= 15 is 0 Å². The van der Waals surface area contributed by atoms with Crippen molar-refractivity contribution in [2.75, 3.05) is 0 Å². The van der Waals surface area contributed by atoms with E-state index in [4.69, 9.17) is 0 Å². The molecule has 3 rings (SSSR count). The molecular weight excluding hydrogens is 329 g/mol. The summed E-state index contributed by atoms with van der Waals surface area (Å²) in [7, 11) is 0. The Kier molecular flexibility index (Phi) is 4.18. The van der Waals surface area contributed by atoms with E-state index in [0.717, 1.165) is 10.0 Å². The molecule has 0 spiro atoms. The Balaban J connectivity index is 1.70. The van der Waals surface area contributed by atoms with Crippen LogP contribution < -0.4 is 4.46 Å². The van der Waals surface area contributed by atoms with E-state index in [9.17, 15) is 9.59 Å². The van der Waals surface area contributed by atoms with Crippen molar-refractivity contribution < 1.29 is 9.59 Å². The number of imide groups is 1. The van der Waals surface area contributed by atoms with Gasteiger partial charge in [-0.15, -0.1) is 0 Å². The van der Waals surface area contributed by atoms with Crippen LogP contribution in [0.5, 0.6) is 0 Å². The molecule has 3 nitrogen and oxygen atoms in total. The average Bonchev–Trinajstić information content (AvgIpc) is 2.77. The fourth-order valence-electron chi connectivity index (χ4n) is 2.34. The van der Waals surface area contributed by atoms with E-state index in [-0.39, 0.29) is 31.6 Å². The molecule has 1 fully saturated rings. The number of likely N-dealkylation sites (tertiary alicyclic amines) is 1. The minimum atomic E-state index is -0.156. The van der Waals surface area contributed by atoms with Gasteiger partial charge in [-0.1, -0.05) is 0 Å². The van der Waals surface area contributed by atoms with Gasteiger partial charge in [-0.05, 0) is 0 Å². The zero-order valence-electron chi connectivity index (χ0n) is 11.4. The average molecular weight is 344 g/mol. The monoisotopic (exact) mass is 345 g/mol. The van der Waals surface area contributed by atoms with Crippen LogP contribution in [0.2, 0.25) is 4.82 Å². The Morgan fingerprint density at radius 3 is 2.24 bits per heavy atom. The second kappa shape index (κ2) is 6.25. The van der Waals surface area contributed by atoms with E-state index < -0.39 is 0 Å². The first-order valence-electron chi connectivity index (χ1n) is 6.84. The first kappa shape index (κ1) is 14.1. The van der Waals surface area contributed by atoms with Crippen molar-refractivity contribution in [1.82, 2.24) is 4.90 Å². The molecule has 1 aliphatic rings. The molecule has 1 aliphatic heterocycles. The van der Waals surface area contributed by atoms with Gasteiger partial charge in [0.25, 0.3) is 0 Å². The van der Waals surface area contributed by atoms with Crippen molar-refractivity contribution in [1.29, 1.82) is 0 Å². The van der Waals surface area contributed by atoms with Crippen LogP contribution >= 0.6 is 0 Å². The topological polar surface area (TPSA) is 37.4 Å². The van der Waals surface area contributed by atoms with Gasteiger partial charge >= 0.3 is 130 Å². The number of nitrogens with zero attached hydrogens (tertiary/aromatic N) is 1. The van der Waals surface area contributed by atoms with E-state index in [1.165, 1.54) is 4.90 Å². The molecule has 0 saturated carbocycles. The van der Waals surface area contributed by atoms with Gasteiger partial charge in [0, 0.05) is 0 Å². The number of hydrogen-bond donors (Lipinski definition) is 0. The molecule has 1 unspecified atom stereocenters. The first-order chi connectivity index (χ1) is 10.2. The van der Waals surface area contributed by atoms with Gasteiger partial charge in [0.1, 0.15) is 0 Å². The van der Waals surface area contributed by atoms with Crippen LogP contribution in [0.15, 0.2) is 60.7 Å². The molecule has 0 radical (unpaired) electrons. The van der Waals surface area contributed by atoms with Gasteiger partial charge in [-0.3, -0.25) is 0 Å². The number of hydrogen-bond acceptors (Lipinski definition) is 2. The third kappa shape index (κ3) is 3.23. The first-order valence-corrected chi connectivity index (χ1v) is 8.68. The van der Waals surface area contributed by atoms with Gasteiger partial charge in [-0.2, -0.15) is 0 Å². The minimum absolute atomic E-state index is 0.0133. The molecule has 2 aromatic rings. The zero-order chi connectivity index (χ0) is 14.7. The van der Waals surface area contributed by atoms with Crippen LogP contribution in [0.4, 0.5) is 0 Å². The SMILES string of the molecule is O=C1CC([Se]c2ccccc2)C(=O)N1Cc1ccccc1. The normalized spacial score (nSPS) is 18.3. The van der Waals surface area contributed by atoms with Crippen LogP contribution in [0.3, 0.4) is 0 Å². The van der Waals surface area contributed by atoms with Crippen molar-refractivity contribution in [3.63, 3.8) is 0 Å². The molecule has 0 aliphatic carbocycles. The van der Waals surface area contributed by atoms with E-state index in [0.29, 0.717) is 13.0 Å². The number of rotatable bonds is 4. The molecule has 0 bridgehead atoms. The van der Waals surface area contributed by atoms with Crippen LogP contribution in [-0.4, -0.2) is 31.7 Å². The summed E-state index contributed by atoms with van der Waals surface area (Å²) in [5.74, 6) is -0.0700. The van der Waals surface area contributed by atoms with Crippen LogP contribution in [0, 0.1) is 0 Å². The molecule has 0 N–H and O–H groups in total. The molecule has 4 heteroatoms. The van der Waals surface area contributed by atoms with Gasteiger partial charge in [0.05, 0.1) is 0 Å². The van der Waals surface area contributed by atoms with E-state index in [1.807, 2.05) is 60.7 Å². The molecule has 21 heavy (non-hydrogen) atoms. The van der Waals surface area contributed by atoms with Crippen molar-refractivity contribution in [2.45, 2.75) is 17.8 Å². The predicted molar refractivity (Wildman–Crippen MR) is 82.2 cm³/mol. The standard InChI is InChI=1S/C17H15NO2Se/c19-16-11-15(21-14-9-5-2-6-10-14)17(20)18(16)12-13-7-3-1-4-8-13/h1-10,15H,11-12H2. The summed E-state index contributed by atoms with van der Waals surface area (Å²) in [5, 5.41) is 0. The molecule has 106 valence electrons. The number of carbonyl (C=O) groups excluding carboxylic acids is 2. The quantitative estimate of drug-likeness (QED) is 0.626. The number of benzene rings is 2. The summed E-state index contributed by atoms with van der Waals surface area (Å²) in [6.45, 7) is 0.389. The Morgan fingerprint density at radius 2 is 1.57 bits per heavy atom. The molecule has 2 aromatic carbocycles. The van der Waals surface area contributed by atoms with Gasteiger partial charge in [0.2, 0.25) is 0 Å². The van der Waals surface area contributed by atoms with Crippen LogP contribution in [0.25, 0.3) is 0 Å². The fraction of sp³-hybridized carbons (Fsp3) is 0.176. The van der Waals surface area contributed by atoms with Crippen molar-refractivity contribution >= 4 is 31.2 Å². The third-order valence-corrected chi connectivity index (χ3v) is 5.92. The third-order valence-electron chi connectivity index (χ3n) is 3.41. The molecule has 2 amide bonds. The van der Waals surface area contributed by atoms with Gasteiger partial charge in [0.15, 0.2) is 0 Å². The second-order valence-electron chi connectivity index (χ2n) is 4.93. The maximum absolute atomic E-state index is 12.4. The fourth-order valence-corrected chi connectivity index (χ4v) is 4.64. The summed E-state index contributed by atoms with van der Waals surface area (Å²) in [6.07, 6.45) is 0.348. The summed E-state index contributed by atoms with van der Waals surface area (Å²) in [6, 6.07) is 19.6. The van der Waals surface area contributed by atoms with Crippen LogP contribution in [0.1, 0.15) is 12.0 Å². The molecule has 1 saturated heterocycles. The van der Waals surface area contributed by atoms with Crippen LogP contribution in [-0.2, 0) is 16.1 Å². The molecule has 1 atom stereocenters. The summed E-state index contributed by atoms with van der Waals surface area (Å²) < 4.78 is 1.16. The molecule has 0 aromatic heterocycles. The Hall–Kier alpha value is -1.90. The number of carbonyl (C=O) groups is 2. The Bertz CT molecular complexity index is 642. The van der Waals surface area contributed by atoms with Crippen molar-refractivity contribution in [3.05, 3.63) is 66.2 Å². The van der Waals surface area contributed by atoms with Gasteiger partial charge < -0.3 is 0 Å². The Morgan fingerprint density at radius 1 is 0.952 bits per heavy atom. The summed E-state index contributed by atoms with van der Waals surface area (Å²) in [5.41, 5.74) is 0.993. The zero-order valence-corrected chi connectivity index (χ0v) is 13.2. The second-order valence-corrected chi connectivity index (χ2v) is 7.60. The summed E-state index contributed by atoms with van der Waals surface area (Å²) >= 11 is 0.0133. The predicted octanol–water partition coefficient (Wildman–Crippen LogP) is 1.76. The van der Waals surface area contributed by atoms with E-state index in [1.54, 1.807) is 0 Å². The van der Waals surface area contributed by atoms with Gasteiger partial charge in [-0.25, -0.2) is 0 Å².